The summed E-state index contributed by atoms with van der Waals surface area (Å²) in [5, 5.41) is 2.83. The predicted molar refractivity (Wildman–Crippen MR) is 75.4 cm³/mol. The number of benzene rings is 1. The second-order valence-electron chi connectivity index (χ2n) is 4.80. The summed E-state index contributed by atoms with van der Waals surface area (Å²) in [5.74, 6) is 1.09. The maximum Gasteiger partial charge on any atom is 0.223 e. The molecule has 0 aliphatic rings. The molecule has 0 aliphatic heterocycles. The average molecular weight is 275 g/mol. The summed E-state index contributed by atoms with van der Waals surface area (Å²) in [4.78, 5) is 11.7. The maximum atomic E-state index is 12.8. The molecule has 2 rings (SSSR count). The van der Waals surface area contributed by atoms with Crippen LogP contribution >= 0.6 is 0 Å². The molecule has 0 spiro atoms. The highest BCUT2D eigenvalue weighted by molar-refractivity contribution is 5.78. The van der Waals surface area contributed by atoms with E-state index in [0.29, 0.717) is 18.1 Å². The first kappa shape index (κ1) is 14.3. The zero-order valence-electron chi connectivity index (χ0n) is 11.7. The van der Waals surface area contributed by atoms with Crippen molar-refractivity contribution in [3.05, 3.63) is 48.0 Å². The molecule has 20 heavy (non-hydrogen) atoms. The van der Waals surface area contributed by atoms with Crippen LogP contribution in [0, 0.1) is 11.7 Å². The molecular formula is C16H18FNO2. The van der Waals surface area contributed by atoms with Gasteiger partial charge in [-0.2, -0.15) is 0 Å². The standard InChI is InChI=1S/C16H18FNO2/c1-3-11(2)16(19)18-10-14-8-9-15(20-14)12-4-6-13(17)7-5-12/h4-9,11H,3,10H2,1-2H3,(H,18,19). The zero-order chi connectivity index (χ0) is 14.5. The van der Waals surface area contributed by atoms with Crippen molar-refractivity contribution in [2.24, 2.45) is 5.92 Å². The Bertz CT molecular complexity index is 574. The SMILES string of the molecule is CCC(C)C(=O)NCc1ccc(-c2ccc(F)cc2)o1. The molecule has 0 bridgehead atoms. The number of amides is 1. The fraction of sp³-hybridized carbons (Fsp3) is 0.312. The van der Waals surface area contributed by atoms with Crippen molar-refractivity contribution in [1.29, 1.82) is 0 Å². The number of halogens is 1. The third-order valence-corrected chi connectivity index (χ3v) is 3.29. The Morgan fingerprint density at radius 1 is 1.25 bits per heavy atom. The molecule has 3 nitrogen and oxygen atoms in total. The van der Waals surface area contributed by atoms with Gasteiger partial charge < -0.3 is 9.73 Å². The zero-order valence-corrected chi connectivity index (χ0v) is 11.7. The molecule has 0 radical (unpaired) electrons. The lowest BCUT2D eigenvalue weighted by Gasteiger charge is -2.08. The first-order chi connectivity index (χ1) is 9.60. The fourth-order valence-electron chi connectivity index (χ4n) is 1.78. The van der Waals surface area contributed by atoms with Crippen LogP contribution < -0.4 is 5.32 Å². The topological polar surface area (TPSA) is 42.2 Å². The summed E-state index contributed by atoms with van der Waals surface area (Å²) in [6.45, 7) is 4.23. The molecule has 2 aromatic rings. The summed E-state index contributed by atoms with van der Waals surface area (Å²) < 4.78 is 18.5. The van der Waals surface area contributed by atoms with E-state index in [1.165, 1.54) is 12.1 Å². The Morgan fingerprint density at radius 2 is 1.95 bits per heavy atom. The van der Waals surface area contributed by atoms with E-state index in [1.807, 2.05) is 26.0 Å². The minimum atomic E-state index is -0.277. The number of rotatable bonds is 5. The van der Waals surface area contributed by atoms with Crippen LogP contribution in [0.5, 0.6) is 0 Å². The van der Waals surface area contributed by atoms with Crippen molar-refractivity contribution in [3.63, 3.8) is 0 Å². The Hall–Kier alpha value is -2.10. The molecule has 1 aromatic carbocycles. The van der Waals surface area contributed by atoms with Crippen molar-refractivity contribution in [1.82, 2.24) is 5.32 Å². The summed E-state index contributed by atoms with van der Waals surface area (Å²) in [6, 6.07) is 9.74. The molecule has 1 unspecified atom stereocenters. The van der Waals surface area contributed by atoms with Gasteiger partial charge in [-0.05, 0) is 42.8 Å². The van der Waals surface area contributed by atoms with Crippen LogP contribution in [0.2, 0.25) is 0 Å². The van der Waals surface area contributed by atoms with Gasteiger partial charge in [-0.15, -0.1) is 0 Å². The van der Waals surface area contributed by atoms with Crippen LogP contribution in [-0.2, 0) is 11.3 Å². The molecule has 1 amide bonds. The van der Waals surface area contributed by atoms with Gasteiger partial charge in [0.15, 0.2) is 0 Å². The number of carbonyl (C=O) groups is 1. The van der Waals surface area contributed by atoms with Gasteiger partial charge in [0.2, 0.25) is 5.91 Å². The first-order valence-electron chi connectivity index (χ1n) is 6.72. The fourth-order valence-corrected chi connectivity index (χ4v) is 1.78. The third kappa shape index (κ3) is 3.47. The molecule has 0 saturated heterocycles. The van der Waals surface area contributed by atoms with E-state index in [0.717, 1.165) is 12.0 Å². The van der Waals surface area contributed by atoms with Gasteiger partial charge in [0.05, 0.1) is 6.54 Å². The number of hydrogen-bond donors (Lipinski definition) is 1. The highest BCUT2D eigenvalue weighted by Crippen LogP contribution is 2.22. The lowest BCUT2D eigenvalue weighted by molar-refractivity contribution is -0.124. The van der Waals surface area contributed by atoms with Gasteiger partial charge in [0, 0.05) is 11.5 Å². The van der Waals surface area contributed by atoms with Gasteiger partial charge in [0.1, 0.15) is 17.3 Å². The predicted octanol–water partition coefficient (Wildman–Crippen LogP) is 3.75. The first-order valence-corrected chi connectivity index (χ1v) is 6.72. The van der Waals surface area contributed by atoms with E-state index < -0.39 is 0 Å². The molecule has 1 heterocycles. The molecule has 1 atom stereocenters. The highest BCUT2D eigenvalue weighted by Gasteiger charge is 2.11. The quantitative estimate of drug-likeness (QED) is 0.903. The Morgan fingerprint density at radius 3 is 2.60 bits per heavy atom. The number of nitrogens with one attached hydrogen (secondary N) is 1. The molecule has 1 aromatic heterocycles. The molecule has 0 aliphatic carbocycles. The molecular weight excluding hydrogens is 257 g/mol. The van der Waals surface area contributed by atoms with E-state index in [1.54, 1.807) is 12.1 Å². The normalized spacial score (nSPS) is 12.2. The van der Waals surface area contributed by atoms with Crippen LogP contribution in [0.15, 0.2) is 40.8 Å². The lowest BCUT2D eigenvalue weighted by Crippen LogP contribution is -2.28. The smallest absolute Gasteiger partial charge is 0.223 e. The highest BCUT2D eigenvalue weighted by atomic mass is 19.1. The minimum Gasteiger partial charge on any atom is -0.459 e. The number of furan rings is 1. The summed E-state index contributed by atoms with van der Waals surface area (Å²) in [6.07, 6.45) is 0.810. The molecule has 106 valence electrons. The van der Waals surface area contributed by atoms with E-state index in [-0.39, 0.29) is 17.6 Å². The van der Waals surface area contributed by atoms with E-state index >= 15 is 0 Å². The van der Waals surface area contributed by atoms with Gasteiger partial charge in [-0.3, -0.25) is 4.79 Å². The minimum absolute atomic E-state index is 0.00142. The maximum absolute atomic E-state index is 12.8. The molecule has 4 heteroatoms. The lowest BCUT2D eigenvalue weighted by atomic mass is 10.1. The molecule has 0 saturated carbocycles. The Labute approximate surface area is 117 Å². The van der Waals surface area contributed by atoms with Gasteiger partial charge in [0.25, 0.3) is 0 Å². The number of hydrogen-bond acceptors (Lipinski definition) is 2. The average Bonchev–Trinajstić information content (AvgIpc) is 2.93. The van der Waals surface area contributed by atoms with Crippen molar-refractivity contribution < 1.29 is 13.6 Å². The van der Waals surface area contributed by atoms with Gasteiger partial charge in [-0.25, -0.2) is 4.39 Å². The number of carbonyl (C=O) groups excluding carboxylic acids is 1. The Kier molecular flexibility index (Phi) is 4.56. The second-order valence-corrected chi connectivity index (χ2v) is 4.80. The largest absolute Gasteiger partial charge is 0.459 e. The van der Waals surface area contributed by atoms with Crippen molar-refractivity contribution >= 4 is 5.91 Å². The molecule has 0 fully saturated rings. The van der Waals surface area contributed by atoms with Gasteiger partial charge in [-0.1, -0.05) is 13.8 Å². The van der Waals surface area contributed by atoms with Crippen LogP contribution in [0.25, 0.3) is 11.3 Å². The van der Waals surface area contributed by atoms with Crippen molar-refractivity contribution in [2.75, 3.05) is 0 Å². The van der Waals surface area contributed by atoms with E-state index in [2.05, 4.69) is 5.32 Å². The summed E-state index contributed by atoms with van der Waals surface area (Å²) >= 11 is 0. The monoisotopic (exact) mass is 275 g/mol. The van der Waals surface area contributed by atoms with Crippen LogP contribution in [0.1, 0.15) is 26.0 Å². The van der Waals surface area contributed by atoms with Crippen molar-refractivity contribution in [3.8, 4) is 11.3 Å². The molecule has 1 N–H and O–H groups in total. The summed E-state index contributed by atoms with van der Waals surface area (Å²) in [5.41, 5.74) is 0.811. The van der Waals surface area contributed by atoms with Crippen molar-refractivity contribution in [2.45, 2.75) is 26.8 Å². The van der Waals surface area contributed by atoms with E-state index in [9.17, 15) is 9.18 Å². The van der Waals surface area contributed by atoms with Gasteiger partial charge >= 0.3 is 0 Å². The van der Waals surface area contributed by atoms with Crippen LogP contribution in [0.4, 0.5) is 4.39 Å². The third-order valence-electron chi connectivity index (χ3n) is 3.29. The van der Waals surface area contributed by atoms with Crippen LogP contribution in [-0.4, -0.2) is 5.91 Å². The van der Waals surface area contributed by atoms with E-state index in [4.69, 9.17) is 4.42 Å². The second kappa shape index (κ2) is 6.37. The van der Waals surface area contributed by atoms with Crippen LogP contribution in [0.3, 0.4) is 0 Å². The Balaban J connectivity index is 1.99. The summed E-state index contributed by atoms with van der Waals surface area (Å²) in [7, 11) is 0.